The third-order valence-electron chi connectivity index (χ3n) is 5.58. The Labute approximate surface area is 159 Å². The van der Waals surface area contributed by atoms with Crippen molar-refractivity contribution in [3.8, 4) is 0 Å². The second-order valence-corrected chi connectivity index (χ2v) is 7.74. The highest BCUT2D eigenvalue weighted by Crippen LogP contribution is 2.39. The fraction of sp³-hybridized carbons (Fsp3) is 0.579. The monoisotopic (exact) mass is 366 g/mol. The van der Waals surface area contributed by atoms with Gasteiger partial charge in [0, 0.05) is 43.0 Å². The van der Waals surface area contributed by atoms with Gasteiger partial charge in [-0.1, -0.05) is 6.58 Å². The second kappa shape index (κ2) is 6.83. The van der Waals surface area contributed by atoms with Gasteiger partial charge in [-0.2, -0.15) is 20.1 Å². The molecule has 2 N–H and O–H groups in total. The Bertz CT molecular complexity index is 834. The summed E-state index contributed by atoms with van der Waals surface area (Å²) in [5, 5.41) is 10.8. The summed E-state index contributed by atoms with van der Waals surface area (Å²) in [6.07, 6.45) is 8.23. The molecule has 4 heterocycles. The summed E-state index contributed by atoms with van der Waals surface area (Å²) in [5.41, 5.74) is 2.27. The lowest BCUT2D eigenvalue weighted by Crippen LogP contribution is -2.32. The summed E-state index contributed by atoms with van der Waals surface area (Å²) in [6, 6.07) is 2.07. The normalized spacial score (nSPS) is 20.4. The van der Waals surface area contributed by atoms with Crippen LogP contribution < -0.4 is 15.1 Å². The highest BCUT2D eigenvalue weighted by molar-refractivity contribution is 5.55. The zero-order valence-corrected chi connectivity index (χ0v) is 15.6. The standard InChI is InChI=1S/C19H26N8/c1-13-6-5-11-27(13)19-22-17(20-16-12-15(24-25-16)14-7-8-14)21-18(23-19)26-9-3-2-4-10-26/h12,14H,1-11H2,(H2,20,21,22,23,24,25). The Hall–Kier alpha value is -2.64. The molecule has 142 valence electrons. The second-order valence-electron chi connectivity index (χ2n) is 7.74. The van der Waals surface area contributed by atoms with Crippen LogP contribution in [-0.2, 0) is 0 Å². The van der Waals surface area contributed by atoms with Crippen molar-refractivity contribution < 1.29 is 0 Å². The van der Waals surface area contributed by atoms with Crippen LogP contribution in [0.1, 0.15) is 56.6 Å². The Kier molecular flexibility index (Phi) is 4.18. The minimum absolute atomic E-state index is 0.550. The number of H-pyrrole nitrogens is 1. The Morgan fingerprint density at radius 3 is 2.56 bits per heavy atom. The largest absolute Gasteiger partial charge is 0.341 e. The maximum atomic E-state index is 4.78. The van der Waals surface area contributed by atoms with E-state index >= 15 is 0 Å². The molecule has 1 aliphatic carbocycles. The van der Waals surface area contributed by atoms with Crippen molar-refractivity contribution in [3.05, 3.63) is 24.0 Å². The van der Waals surface area contributed by atoms with Crippen LogP contribution >= 0.6 is 0 Å². The fourth-order valence-electron chi connectivity index (χ4n) is 3.86. The molecule has 3 fully saturated rings. The van der Waals surface area contributed by atoms with E-state index < -0.39 is 0 Å². The minimum Gasteiger partial charge on any atom is -0.341 e. The maximum Gasteiger partial charge on any atom is 0.236 e. The first kappa shape index (κ1) is 16.5. The molecule has 0 spiro atoms. The van der Waals surface area contributed by atoms with Gasteiger partial charge in [0.25, 0.3) is 0 Å². The number of piperidine rings is 1. The lowest BCUT2D eigenvalue weighted by molar-refractivity contribution is 0.567. The predicted molar refractivity (Wildman–Crippen MR) is 105 cm³/mol. The SMILES string of the molecule is C=C1CCCN1c1nc(Nc2cc(C3CC3)[nH]n2)nc(N2CCCCC2)n1. The van der Waals surface area contributed by atoms with Crippen LogP contribution in [-0.4, -0.2) is 44.8 Å². The van der Waals surface area contributed by atoms with Gasteiger partial charge in [0.05, 0.1) is 0 Å². The molecule has 27 heavy (non-hydrogen) atoms. The molecule has 3 aliphatic rings. The van der Waals surface area contributed by atoms with Crippen LogP contribution in [0.25, 0.3) is 0 Å². The number of nitrogens with one attached hydrogen (secondary N) is 2. The molecule has 0 unspecified atom stereocenters. The van der Waals surface area contributed by atoms with Crippen LogP contribution in [0.15, 0.2) is 18.3 Å². The Balaban J connectivity index is 1.45. The highest BCUT2D eigenvalue weighted by Gasteiger charge is 2.26. The van der Waals surface area contributed by atoms with E-state index in [1.54, 1.807) is 0 Å². The Morgan fingerprint density at radius 2 is 1.81 bits per heavy atom. The molecule has 8 heteroatoms. The first-order chi connectivity index (χ1) is 13.3. The van der Waals surface area contributed by atoms with Crippen LogP contribution in [0, 0.1) is 0 Å². The highest BCUT2D eigenvalue weighted by atomic mass is 15.4. The van der Waals surface area contributed by atoms with Gasteiger partial charge in [-0.25, -0.2) is 0 Å². The van der Waals surface area contributed by atoms with Gasteiger partial charge in [0.1, 0.15) is 0 Å². The van der Waals surface area contributed by atoms with Crippen LogP contribution in [0.4, 0.5) is 23.7 Å². The van der Waals surface area contributed by atoms with Gasteiger partial charge in [-0.15, -0.1) is 0 Å². The van der Waals surface area contributed by atoms with Crippen LogP contribution in [0.2, 0.25) is 0 Å². The fourth-order valence-corrected chi connectivity index (χ4v) is 3.86. The third kappa shape index (κ3) is 3.48. The molecule has 0 bridgehead atoms. The zero-order valence-electron chi connectivity index (χ0n) is 15.6. The average molecular weight is 366 g/mol. The first-order valence-electron chi connectivity index (χ1n) is 10.0. The summed E-state index contributed by atoms with van der Waals surface area (Å²) in [4.78, 5) is 18.5. The number of hydrogen-bond acceptors (Lipinski definition) is 7. The lowest BCUT2D eigenvalue weighted by Gasteiger charge is -2.28. The average Bonchev–Trinajstić information content (AvgIpc) is 3.29. The molecule has 0 aromatic carbocycles. The van der Waals surface area contributed by atoms with Gasteiger partial charge in [0.15, 0.2) is 5.82 Å². The van der Waals surface area contributed by atoms with E-state index in [9.17, 15) is 0 Å². The third-order valence-corrected chi connectivity index (χ3v) is 5.58. The van der Waals surface area contributed by atoms with Gasteiger partial charge in [-0.05, 0) is 44.9 Å². The van der Waals surface area contributed by atoms with E-state index in [2.05, 4.69) is 42.9 Å². The van der Waals surface area contributed by atoms with E-state index in [4.69, 9.17) is 9.97 Å². The van der Waals surface area contributed by atoms with Crippen molar-refractivity contribution >= 4 is 23.7 Å². The number of nitrogens with zero attached hydrogens (tertiary/aromatic N) is 6. The van der Waals surface area contributed by atoms with Crippen LogP contribution in [0.5, 0.6) is 0 Å². The molecule has 0 amide bonds. The smallest absolute Gasteiger partial charge is 0.236 e. The topological polar surface area (TPSA) is 85.9 Å². The van der Waals surface area contributed by atoms with Crippen molar-refractivity contribution in [2.24, 2.45) is 0 Å². The van der Waals surface area contributed by atoms with Gasteiger partial charge < -0.3 is 15.1 Å². The summed E-state index contributed by atoms with van der Waals surface area (Å²) < 4.78 is 0. The van der Waals surface area contributed by atoms with Crippen molar-refractivity contribution in [2.45, 2.75) is 50.9 Å². The van der Waals surface area contributed by atoms with E-state index in [0.29, 0.717) is 17.8 Å². The number of allylic oxidation sites excluding steroid dienone is 1. The first-order valence-corrected chi connectivity index (χ1v) is 10.0. The zero-order chi connectivity index (χ0) is 18.2. The van der Waals surface area contributed by atoms with E-state index in [-0.39, 0.29) is 0 Å². The predicted octanol–water partition coefficient (Wildman–Crippen LogP) is 3.32. The number of rotatable bonds is 5. The van der Waals surface area contributed by atoms with Crippen molar-refractivity contribution in [1.29, 1.82) is 0 Å². The van der Waals surface area contributed by atoms with E-state index in [1.165, 1.54) is 37.8 Å². The van der Waals surface area contributed by atoms with Crippen molar-refractivity contribution in [2.75, 3.05) is 34.8 Å². The number of hydrogen-bond donors (Lipinski definition) is 2. The Morgan fingerprint density at radius 1 is 1.00 bits per heavy atom. The molecule has 2 aromatic heterocycles. The molecule has 2 aliphatic heterocycles. The summed E-state index contributed by atoms with van der Waals surface area (Å²) in [6.45, 7) is 7.08. The molecule has 0 radical (unpaired) electrons. The number of aromatic nitrogens is 5. The summed E-state index contributed by atoms with van der Waals surface area (Å²) in [7, 11) is 0. The summed E-state index contributed by atoms with van der Waals surface area (Å²) in [5.74, 6) is 3.39. The van der Waals surface area contributed by atoms with Crippen molar-refractivity contribution in [1.82, 2.24) is 25.1 Å². The molecule has 2 saturated heterocycles. The van der Waals surface area contributed by atoms with Gasteiger partial charge >= 0.3 is 0 Å². The number of aromatic amines is 1. The number of anilines is 4. The summed E-state index contributed by atoms with van der Waals surface area (Å²) >= 11 is 0. The van der Waals surface area contributed by atoms with Crippen molar-refractivity contribution in [3.63, 3.8) is 0 Å². The van der Waals surface area contributed by atoms with E-state index in [0.717, 1.165) is 49.9 Å². The lowest BCUT2D eigenvalue weighted by atomic mass is 10.1. The molecular formula is C19H26N8. The molecular weight excluding hydrogens is 340 g/mol. The van der Waals surface area contributed by atoms with Gasteiger partial charge in [-0.3, -0.25) is 5.10 Å². The molecule has 8 nitrogen and oxygen atoms in total. The molecule has 1 saturated carbocycles. The quantitative estimate of drug-likeness (QED) is 0.839. The molecule has 2 aromatic rings. The molecule has 5 rings (SSSR count). The minimum atomic E-state index is 0.550. The maximum absolute atomic E-state index is 4.78. The van der Waals surface area contributed by atoms with Gasteiger partial charge in [0.2, 0.25) is 17.8 Å². The van der Waals surface area contributed by atoms with Crippen LogP contribution in [0.3, 0.4) is 0 Å². The van der Waals surface area contributed by atoms with E-state index in [1.807, 2.05) is 0 Å². The molecule has 0 atom stereocenters.